The molecule has 0 saturated heterocycles. The molecule has 1 aromatic heterocycles. The van der Waals surface area contributed by atoms with Crippen LogP contribution in [0.5, 0.6) is 0 Å². The molecule has 0 aromatic carbocycles. The fraction of sp³-hybridized carbons (Fsp3) is 0.545. The van der Waals surface area contributed by atoms with E-state index in [0.717, 1.165) is 23.7 Å². The van der Waals surface area contributed by atoms with Gasteiger partial charge in [-0.15, -0.1) is 17.9 Å². The summed E-state index contributed by atoms with van der Waals surface area (Å²) in [6.07, 6.45) is 2.96. The molecule has 78 valence electrons. The maximum absolute atomic E-state index is 4.39. The molecule has 1 rings (SSSR count). The quantitative estimate of drug-likeness (QED) is 0.756. The molecule has 0 aliphatic carbocycles. The molecular weight excluding hydrogens is 192 g/mol. The van der Waals surface area contributed by atoms with Crippen LogP contribution in [-0.4, -0.2) is 11.0 Å². The van der Waals surface area contributed by atoms with Gasteiger partial charge in [-0.25, -0.2) is 4.98 Å². The Labute approximate surface area is 90.1 Å². The third-order valence-corrected chi connectivity index (χ3v) is 3.20. The van der Waals surface area contributed by atoms with E-state index >= 15 is 0 Å². The summed E-state index contributed by atoms with van der Waals surface area (Å²) >= 11 is 1.77. The maximum Gasteiger partial charge on any atom is 0.0900 e. The Morgan fingerprint density at radius 3 is 2.79 bits per heavy atom. The Balaban J connectivity index is 2.45. The molecule has 3 heteroatoms. The Hall–Kier alpha value is -0.670. The van der Waals surface area contributed by atoms with Crippen molar-refractivity contribution in [3.8, 4) is 0 Å². The second-order valence-electron chi connectivity index (χ2n) is 3.55. The lowest BCUT2D eigenvalue weighted by molar-refractivity contribution is 0.556. The Bertz CT molecular complexity index is 304. The average molecular weight is 210 g/mol. The van der Waals surface area contributed by atoms with E-state index in [1.165, 1.54) is 4.88 Å². The van der Waals surface area contributed by atoms with Crippen LogP contribution in [0.1, 0.15) is 28.9 Å². The number of nitrogens with one attached hydrogen (secondary N) is 1. The first-order valence-corrected chi connectivity index (χ1v) is 5.72. The largest absolute Gasteiger partial charge is 0.309 e. The summed E-state index contributed by atoms with van der Waals surface area (Å²) in [5, 5.41) is 4.60. The van der Waals surface area contributed by atoms with Gasteiger partial charge in [-0.2, -0.15) is 0 Å². The molecule has 1 unspecified atom stereocenters. The molecule has 0 saturated carbocycles. The van der Waals surface area contributed by atoms with Gasteiger partial charge < -0.3 is 5.32 Å². The minimum atomic E-state index is 0.495. The van der Waals surface area contributed by atoms with Crippen LogP contribution in [0.3, 0.4) is 0 Å². The van der Waals surface area contributed by atoms with E-state index in [9.17, 15) is 0 Å². The van der Waals surface area contributed by atoms with Crippen molar-refractivity contribution in [3.05, 3.63) is 28.2 Å². The molecule has 0 spiro atoms. The molecule has 1 aromatic rings. The lowest BCUT2D eigenvalue weighted by Gasteiger charge is -2.10. The highest BCUT2D eigenvalue weighted by molar-refractivity contribution is 7.11. The fourth-order valence-electron chi connectivity index (χ4n) is 1.34. The molecule has 1 N–H and O–H groups in total. The van der Waals surface area contributed by atoms with Crippen molar-refractivity contribution in [1.82, 2.24) is 10.3 Å². The smallest absolute Gasteiger partial charge is 0.0900 e. The van der Waals surface area contributed by atoms with Crippen LogP contribution >= 0.6 is 11.3 Å². The third-order valence-electron chi connectivity index (χ3n) is 2.13. The summed E-state index contributed by atoms with van der Waals surface area (Å²) in [6.45, 7) is 10.9. The number of hydrogen-bond donors (Lipinski definition) is 1. The Morgan fingerprint density at radius 2 is 2.29 bits per heavy atom. The highest BCUT2D eigenvalue weighted by atomic mass is 32.1. The maximum atomic E-state index is 4.39. The van der Waals surface area contributed by atoms with Crippen LogP contribution in [0.4, 0.5) is 0 Å². The second-order valence-corrected chi connectivity index (χ2v) is 4.84. The van der Waals surface area contributed by atoms with Crippen molar-refractivity contribution in [3.63, 3.8) is 0 Å². The van der Waals surface area contributed by atoms with Gasteiger partial charge in [0.15, 0.2) is 0 Å². The van der Waals surface area contributed by atoms with E-state index in [-0.39, 0.29) is 0 Å². The second kappa shape index (κ2) is 5.27. The molecule has 0 aliphatic heterocycles. The van der Waals surface area contributed by atoms with Gasteiger partial charge in [-0.1, -0.05) is 6.08 Å². The van der Waals surface area contributed by atoms with Gasteiger partial charge >= 0.3 is 0 Å². The monoisotopic (exact) mass is 210 g/mol. The van der Waals surface area contributed by atoms with E-state index in [4.69, 9.17) is 0 Å². The lowest BCUT2D eigenvalue weighted by atomic mass is 10.2. The van der Waals surface area contributed by atoms with Crippen LogP contribution in [0, 0.1) is 13.8 Å². The van der Waals surface area contributed by atoms with Crippen LogP contribution in [-0.2, 0) is 6.54 Å². The van der Waals surface area contributed by atoms with E-state index in [1.807, 2.05) is 13.0 Å². The number of aromatic nitrogens is 1. The molecule has 14 heavy (non-hydrogen) atoms. The van der Waals surface area contributed by atoms with Gasteiger partial charge in [0.1, 0.15) is 0 Å². The standard InChI is InChI=1S/C11H18N2S/c1-5-6-8(2)12-7-11-9(3)13-10(4)14-11/h5,8,12H,1,6-7H2,2-4H3. The summed E-state index contributed by atoms with van der Waals surface area (Å²) in [4.78, 5) is 5.74. The van der Waals surface area contributed by atoms with E-state index < -0.39 is 0 Å². The molecule has 0 aliphatic rings. The molecule has 0 radical (unpaired) electrons. The molecule has 1 heterocycles. The first-order chi connectivity index (χ1) is 6.63. The van der Waals surface area contributed by atoms with Crippen LogP contribution in [0.2, 0.25) is 0 Å². The summed E-state index contributed by atoms with van der Waals surface area (Å²) in [7, 11) is 0. The van der Waals surface area contributed by atoms with Gasteiger partial charge in [0.2, 0.25) is 0 Å². The zero-order valence-corrected chi connectivity index (χ0v) is 9.95. The fourth-order valence-corrected chi connectivity index (χ4v) is 2.23. The van der Waals surface area contributed by atoms with Crippen molar-refractivity contribution < 1.29 is 0 Å². The third kappa shape index (κ3) is 3.24. The summed E-state index contributed by atoms with van der Waals surface area (Å²) < 4.78 is 0. The van der Waals surface area contributed by atoms with Crippen LogP contribution in [0.25, 0.3) is 0 Å². The minimum absolute atomic E-state index is 0.495. The number of nitrogens with zero attached hydrogens (tertiary/aromatic N) is 1. The highest BCUT2D eigenvalue weighted by Gasteiger charge is 2.05. The number of aryl methyl sites for hydroxylation is 2. The van der Waals surface area contributed by atoms with Gasteiger partial charge in [-0.05, 0) is 27.2 Å². The lowest BCUT2D eigenvalue weighted by Crippen LogP contribution is -2.24. The first kappa shape index (κ1) is 11.4. The predicted octanol–water partition coefficient (Wildman–Crippen LogP) is 2.81. The molecular formula is C11H18N2S. The van der Waals surface area contributed by atoms with E-state index in [1.54, 1.807) is 11.3 Å². The van der Waals surface area contributed by atoms with Gasteiger partial charge in [0.05, 0.1) is 10.7 Å². The Morgan fingerprint density at radius 1 is 1.57 bits per heavy atom. The van der Waals surface area contributed by atoms with Crippen molar-refractivity contribution in [2.75, 3.05) is 0 Å². The van der Waals surface area contributed by atoms with E-state index in [2.05, 4.69) is 30.7 Å². The van der Waals surface area contributed by atoms with E-state index in [0.29, 0.717) is 6.04 Å². The van der Waals surface area contributed by atoms with Crippen molar-refractivity contribution in [2.45, 2.75) is 39.8 Å². The topological polar surface area (TPSA) is 24.9 Å². The normalized spacial score (nSPS) is 12.8. The SMILES string of the molecule is C=CCC(C)NCc1sc(C)nc1C. The van der Waals surface area contributed by atoms with Crippen molar-refractivity contribution in [1.29, 1.82) is 0 Å². The molecule has 0 amide bonds. The first-order valence-electron chi connectivity index (χ1n) is 4.90. The zero-order valence-electron chi connectivity index (χ0n) is 9.13. The summed E-state index contributed by atoms with van der Waals surface area (Å²) in [5.41, 5.74) is 1.16. The zero-order chi connectivity index (χ0) is 10.6. The van der Waals surface area contributed by atoms with Gasteiger partial charge in [0.25, 0.3) is 0 Å². The van der Waals surface area contributed by atoms with Crippen LogP contribution < -0.4 is 5.32 Å². The molecule has 0 fully saturated rings. The number of thiazole rings is 1. The number of hydrogen-bond acceptors (Lipinski definition) is 3. The number of rotatable bonds is 5. The highest BCUT2D eigenvalue weighted by Crippen LogP contribution is 2.16. The van der Waals surface area contributed by atoms with Crippen molar-refractivity contribution in [2.24, 2.45) is 0 Å². The molecule has 1 atom stereocenters. The van der Waals surface area contributed by atoms with Gasteiger partial charge in [0, 0.05) is 17.5 Å². The summed E-state index contributed by atoms with van der Waals surface area (Å²) in [5.74, 6) is 0. The molecule has 2 nitrogen and oxygen atoms in total. The minimum Gasteiger partial charge on any atom is -0.309 e. The van der Waals surface area contributed by atoms with Crippen LogP contribution in [0.15, 0.2) is 12.7 Å². The molecule has 0 bridgehead atoms. The van der Waals surface area contributed by atoms with Gasteiger partial charge in [-0.3, -0.25) is 0 Å². The predicted molar refractivity (Wildman–Crippen MR) is 62.7 cm³/mol. The summed E-state index contributed by atoms with van der Waals surface area (Å²) in [6, 6.07) is 0.495. The Kier molecular flexibility index (Phi) is 4.29. The van der Waals surface area contributed by atoms with Crippen molar-refractivity contribution >= 4 is 11.3 Å². The average Bonchev–Trinajstić information content (AvgIpc) is 2.42.